The molecule has 2 rings (SSSR count). The summed E-state index contributed by atoms with van der Waals surface area (Å²) >= 11 is 0. The third-order valence-electron chi connectivity index (χ3n) is 4.59. The minimum atomic E-state index is -0.768. The molecule has 0 spiro atoms. The molecule has 3 atom stereocenters. The van der Waals surface area contributed by atoms with Gasteiger partial charge in [0.15, 0.2) is 0 Å². The number of likely N-dealkylation sites (tertiary alicyclic amines) is 1. The van der Waals surface area contributed by atoms with E-state index in [-0.39, 0.29) is 23.3 Å². The van der Waals surface area contributed by atoms with E-state index in [1.165, 1.54) is 0 Å². The number of rotatable bonds is 3. The van der Waals surface area contributed by atoms with Crippen LogP contribution in [0.1, 0.15) is 39.0 Å². The number of aliphatic carboxylic acids is 1. The first-order chi connectivity index (χ1) is 8.95. The number of carboxylic acids is 1. The predicted molar refractivity (Wildman–Crippen MR) is 69.7 cm³/mol. The second-order valence-corrected chi connectivity index (χ2v) is 6.06. The van der Waals surface area contributed by atoms with E-state index >= 15 is 0 Å². The van der Waals surface area contributed by atoms with Gasteiger partial charge in [-0.1, -0.05) is 0 Å². The first-order valence-corrected chi connectivity index (χ1v) is 7.02. The SMILES string of the molecule is COC1(C)CCCN(C(=O)[C@@H]2CC[C@H](C(=O)O)C2)C1. The van der Waals surface area contributed by atoms with Crippen molar-refractivity contribution in [1.82, 2.24) is 4.90 Å². The Hall–Kier alpha value is -1.10. The summed E-state index contributed by atoms with van der Waals surface area (Å²) in [6.45, 7) is 3.42. The zero-order chi connectivity index (χ0) is 14.0. The smallest absolute Gasteiger partial charge is 0.306 e. The molecular weight excluding hydrogens is 246 g/mol. The molecule has 108 valence electrons. The lowest BCUT2D eigenvalue weighted by Crippen LogP contribution is -2.51. The average molecular weight is 269 g/mol. The van der Waals surface area contributed by atoms with E-state index < -0.39 is 5.97 Å². The summed E-state index contributed by atoms with van der Waals surface area (Å²) in [7, 11) is 1.68. The van der Waals surface area contributed by atoms with Gasteiger partial charge in [0.05, 0.1) is 11.5 Å². The van der Waals surface area contributed by atoms with E-state index in [2.05, 4.69) is 0 Å². The van der Waals surface area contributed by atoms with Gasteiger partial charge in [0.1, 0.15) is 0 Å². The lowest BCUT2D eigenvalue weighted by Gasteiger charge is -2.40. The van der Waals surface area contributed by atoms with Crippen LogP contribution in [0.25, 0.3) is 0 Å². The summed E-state index contributed by atoms with van der Waals surface area (Å²) in [5.41, 5.74) is -0.251. The monoisotopic (exact) mass is 269 g/mol. The fourth-order valence-electron chi connectivity index (χ4n) is 3.25. The molecule has 2 aliphatic rings. The van der Waals surface area contributed by atoms with Crippen molar-refractivity contribution < 1.29 is 19.4 Å². The molecule has 5 heteroatoms. The zero-order valence-electron chi connectivity index (χ0n) is 11.7. The van der Waals surface area contributed by atoms with Crippen molar-refractivity contribution in [3.63, 3.8) is 0 Å². The van der Waals surface area contributed by atoms with E-state index in [9.17, 15) is 9.59 Å². The molecule has 19 heavy (non-hydrogen) atoms. The second kappa shape index (κ2) is 5.49. The maximum Gasteiger partial charge on any atom is 0.306 e. The highest BCUT2D eigenvalue weighted by Gasteiger charge is 2.39. The van der Waals surface area contributed by atoms with Crippen LogP contribution in [0, 0.1) is 11.8 Å². The summed E-state index contributed by atoms with van der Waals surface area (Å²) in [4.78, 5) is 25.3. The molecule has 0 aromatic carbocycles. The standard InChI is InChI=1S/C14H23NO4/c1-14(19-2)6-3-7-15(9-14)12(16)10-4-5-11(8-10)13(17)18/h10-11H,3-9H2,1-2H3,(H,17,18)/t10-,11+,14?/m1/s1. The molecule has 5 nitrogen and oxygen atoms in total. The maximum atomic E-state index is 12.4. The molecule has 1 aliphatic heterocycles. The van der Waals surface area contributed by atoms with Gasteiger partial charge >= 0.3 is 5.97 Å². The number of carbonyl (C=O) groups excluding carboxylic acids is 1. The molecule has 1 aliphatic carbocycles. The lowest BCUT2D eigenvalue weighted by molar-refractivity contribution is -0.144. The van der Waals surface area contributed by atoms with Gasteiger partial charge in [0.25, 0.3) is 0 Å². The lowest BCUT2D eigenvalue weighted by atomic mass is 9.93. The topological polar surface area (TPSA) is 66.8 Å². The molecule has 0 bridgehead atoms. The zero-order valence-corrected chi connectivity index (χ0v) is 11.7. The summed E-state index contributed by atoms with van der Waals surface area (Å²) in [6.07, 6.45) is 3.74. The van der Waals surface area contributed by atoms with Gasteiger partial charge in [0.2, 0.25) is 5.91 Å². The Kier molecular flexibility index (Phi) is 4.13. The van der Waals surface area contributed by atoms with Gasteiger partial charge in [-0.3, -0.25) is 9.59 Å². The van der Waals surface area contributed by atoms with Crippen LogP contribution < -0.4 is 0 Å². The number of piperidine rings is 1. The van der Waals surface area contributed by atoms with Crippen LogP contribution in [-0.2, 0) is 14.3 Å². The van der Waals surface area contributed by atoms with Gasteiger partial charge in [-0.05, 0) is 39.0 Å². The normalized spacial score (nSPS) is 35.4. The summed E-state index contributed by atoms with van der Waals surface area (Å²) in [5, 5.41) is 9.00. The van der Waals surface area contributed by atoms with Gasteiger partial charge < -0.3 is 14.7 Å². The largest absolute Gasteiger partial charge is 0.481 e. The minimum absolute atomic E-state index is 0.111. The average Bonchev–Trinajstić information content (AvgIpc) is 2.87. The van der Waals surface area contributed by atoms with Gasteiger partial charge in [-0.15, -0.1) is 0 Å². The Morgan fingerprint density at radius 1 is 1.32 bits per heavy atom. The van der Waals surface area contributed by atoms with Gasteiger partial charge in [-0.25, -0.2) is 0 Å². The molecule has 1 saturated carbocycles. The third kappa shape index (κ3) is 3.08. The molecule has 1 amide bonds. The third-order valence-corrected chi connectivity index (χ3v) is 4.59. The Bertz CT molecular complexity index is 370. The Balaban J connectivity index is 1.95. The van der Waals surface area contributed by atoms with Crippen molar-refractivity contribution in [2.24, 2.45) is 11.8 Å². The van der Waals surface area contributed by atoms with Crippen LogP contribution in [0.3, 0.4) is 0 Å². The van der Waals surface area contributed by atoms with Crippen LogP contribution in [-0.4, -0.2) is 47.7 Å². The van der Waals surface area contributed by atoms with Gasteiger partial charge in [-0.2, -0.15) is 0 Å². The highest BCUT2D eigenvalue weighted by atomic mass is 16.5. The van der Waals surface area contributed by atoms with E-state index in [0.717, 1.165) is 19.4 Å². The van der Waals surface area contributed by atoms with Crippen molar-refractivity contribution in [2.45, 2.75) is 44.6 Å². The van der Waals surface area contributed by atoms with Crippen molar-refractivity contribution in [1.29, 1.82) is 0 Å². The fourth-order valence-corrected chi connectivity index (χ4v) is 3.25. The van der Waals surface area contributed by atoms with Crippen LogP contribution in [0.5, 0.6) is 0 Å². The van der Waals surface area contributed by atoms with E-state index in [1.807, 2.05) is 11.8 Å². The van der Waals surface area contributed by atoms with Crippen molar-refractivity contribution in [3.05, 3.63) is 0 Å². The van der Waals surface area contributed by atoms with E-state index in [0.29, 0.717) is 25.8 Å². The summed E-state index contributed by atoms with van der Waals surface area (Å²) in [5.74, 6) is -1.10. The number of hydrogen-bond donors (Lipinski definition) is 1. The molecule has 0 radical (unpaired) electrons. The Morgan fingerprint density at radius 3 is 2.58 bits per heavy atom. The molecular formula is C14H23NO4. The van der Waals surface area contributed by atoms with Crippen molar-refractivity contribution >= 4 is 11.9 Å². The van der Waals surface area contributed by atoms with Crippen LogP contribution in [0.4, 0.5) is 0 Å². The number of ether oxygens (including phenoxy) is 1. The Labute approximate surface area is 113 Å². The number of amides is 1. The minimum Gasteiger partial charge on any atom is -0.481 e. The first-order valence-electron chi connectivity index (χ1n) is 7.02. The quantitative estimate of drug-likeness (QED) is 0.843. The van der Waals surface area contributed by atoms with Crippen LogP contribution in [0.2, 0.25) is 0 Å². The molecule has 1 heterocycles. The van der Waals surface area contributed by atoms with Crippen molar-refractivity contribution in [2.75, 3.05) is 20.2 Å². The molecule has 1 N–H and O–H groups in total. The van der Waals surface area contributed by atoms with Crippen molar-refractivity contribution in [3.8, 4) is 0 Å². The number of carbonyl (C=O) groups is 2. The molecule has 0 aromatic heterocycles. The number of nitrogens with zero attached hydrogens (tertiary/aromatic N) is 1. The second-order valence-electron chi connectivity index (χ2n) is 6.06. The summed E-state index contributed by atoms with van der Waals surface area (Å²) in [6, 6.07) is 0. The first kappa shape index (κ1) is 14.3. The number of carboxylic acid groups (broad SMARTS) is 1. The molecule has 0 aromatic rings. The predicted octanol–water partition coefficient (Wildman–Crippen LogP) is 1.51. The van der Waals surface area contributed by atoms with Crippen LogP contribution >= 0.6 is 0 Å². The van der Waals surface area contributed by atoms with E-state index in [1.54, 1.807) is 7.11 Å². The van der Waals surface area contributed by atoms with Gasteiger partial charge in [0, 0.05) is 26.1 Å². The van der Waals surface area contributed by atoms with Crippen LogP contribution in [0.15, 0.2) is 0 Å². The highest BCUT2D eigenvalue weighted by Crippen LogP contribution is 2.34. The molecule has 2 fully saturated rings. The number of hydrogen-bond acceptors (Lipinski definition) is 3. The maximum absolute atomic E-state index is 12.4. The number of methoxy groups -OCH3 is 1. The van der Waals surface area contributed by atoms with E-state index in [4.69, 9.17) is 9.84 Å². The summed E-state index contributed by atoms with van der Waals surface area (Å²) < 4.78 is 5.49. The molecule has 1 unspecified atom stereocenters. The highest BCUT2D eigenvalue weighted by molar-refractivity contribution is 5.81. The fraction of sp³-hybridized carbons (Fsp3) is 0.857. The Morgan fingerprint density at radius 2 is 2.00 bits per heavy atom. The molecule has 1 saturated heterocycles.